The maximum atomic E-state index is 12.0. The maximum absolute atomic E-state index is 12.0. The third-order valence-corrected chi connectivity index (χ3v) is 2.85. The molecule has 0 radical (unpaired) electrons. The number of hydrogen-bond donors (Lipinski definition) is 3. The van der Waals surface area contributed by atoms with E-state index in [1.165, 1.54) is 13.2 Å². The zero-order valence-electron chi connectivity index (χ0n) is 11.1. The molecule has 5 nitrogen and oxygen atoms in total. The van der Waals surface area contributed by atoms with E-state index in [9.17, 15) is 9.90 Å². The van der Waals surface area contributed by atoms with E-state index < -0.39 is 0 Å². The molecule has 0 saturated carbocycles. The number of ether oxygens (including phenoxy) is 1. The number of benzene rings is 2. The largest absolute Gasteiger partial charge is 0.504 e. The highest BCUT2D eigenvalue weighted by Crippen LogP contribution is 2.26. The number of methoxy groups -OCH3 is 1. The van der Waals surface area contributed by atoms with Crippen molar-refractivity contribution in [1.29, 1.82) is 0 Å². The first kappa shape index (κ1) is 13.7. The van der Waals surface area contributed by atoms with Crippen LogP contribution >= 0.6 is 0 Å². The van der Waals surface area contributed by atoms with Crippen molar-refractivity contribution in [3.8, 4) is 11.5 Å². The first-order valence-electron chi connectivity index (χ1n) is 6.10. The van der Waals surface area contributed by atoms with Gasteiger partial charge in [-0.2, -0.15) is 0 Å². The van der Waals surface area contributed by atoms with Gasteiger partial charge in [-0.25, -0.2) is 0 Å². The Bertz CT molecular complexity index is 626. The SMILES string of the molecule is COc1ccc(C(=O)NCc2cccc(N)c2)cc1O. The van der Waals surface area contributed by atoms with Gasteiger partial charge in [0.25, 0.3) is 5.91 Å². The Balaban J connectivity index is 2.03. The summed E-state index contributed by atoms with van der Waals surface area (Å²) in [5.74, 6) is -0.00753. The van der Waals surface area contributed by atoms with Crippen LogP contribution < -0.4 is 15.8 Å². The van der Waals surface area contributed by atoms with Gasteiger partial charge in [-0.05, 0) is 35.9 Å². The van der Waals surface area contributed by atoms with E-state index in [4.69, 9.17) is 10.5 Å². The number of anilines is 1. The van der Waals surface area contributed by atoms with Crippen molar-refractivity contribution in [2.24, 2.45) is 0 Å². The molecule has 1 amide bonds. The van der Waals surface area contributed by atoms with Crippen molar-refractivity contribution in [2.75, 3.05) is 12.8 Å². The summed E-state index contributed by atoms with van der Waals surface area (Å²) in [6, 6.07) is 11.8. The van der Waals surface area contributed by atoms with E-state index in [0.717, 1.165) is 5.56 Å². The van der Waals surface area contributed by atoms with Gasteiger partial charge in [0, 0.05) is 17.8 Å². The van der Waals surface area contributed by atoms with Crippen LogP contribution in [0.1, 0.15) is 15.9 Å². The topological polar surface area (TPSA) is 84.6 Å². The maximum Gasteiger partial charge on any atom is 0.251 e. The molecule has 2 aromatic carbocycles. The molecule has 0 unspecified atom stereocenters. The summed E-state index contributed by atoms with van der Waals surface area (Å²) in [6.07, 6.45) is 0. The second-order valence-corrected chi connectivity index (χ2v) is 4.31. The predicted octanol–water partition coefficient (Wildman–Crippen LogP) is 1.91. The lowest BCUT2D eigenvalue weighted by Crippen LogP contribution is -2.22. The zero-order chi connectivity index (χ0) is 14.5. The van der Waals surface area contributed by atoms with Gasteiger partial charge in [0.2, 0.25) is 0 Å². The number of carbonyl (C=O) groups is 1. The van der Waals surface area contributed by atoms with E-state index >= 15 is 0 Å². The number of nitrogens with one attached hydrogen (secondary N) is 1. The number of nitrogens with two attached hydrogens (primary N) is 1. The predicted molar refractivity (Wildman–Crippen MR) is 76.7 cm³/mol. The second kappa shape index (κ2) is 5.97. The van der Waals surface area contributed by atoms with Crippen LogP contribution in [-0.2, 0) is 6.54 Å². The molecule has 0 aliphatic heterocycles. The molecule has 0 bridgehead atoms. The minimum atomic E-state index is -0.273. The summed E-state index contributed by atoms with van der Waals surface area (Å²) in [7, 11) is 1.45. The molecule has 104 valence electrons. The van der Waals surface area contributed by atoms with Crippen LogP contribution in [-0.4, -0.2) is 18.1 Å². The van der Waals surface area contributed by atoms with Gasteiger partial charge in [-0.1, -0.05) is 12.1 Å². The van der Waals surface area contributed by atoms with Crippen molar-refractivity contribution < 1.29 is 14.6 Å². The Morgan fingerprint density at radius 2 is 2.10 bits per heavy atom. The van der Waals surface area contributed by atoms with Crippen molar-refractivity contribution in [3.05, 3.63) is 53.6 Å². The van der Waals surface area contributed by atoms with E-state index in [0.29, 0.717) is 23.5 Å². The van der Waals surface area contributed by atoms with E-state index in [1.54, 1.807) is 24.3 Å². The molecule has 0 atom stereocenters. The molecule has 0 spiro atoms. The Morgan fingerprint density at radius 1 is 1.30 bits per heavy atom. The lowest BCUT2D eigenvalue weighted by Gasteiger charge is -2.08. The minimum Gasteiger partial charge on any atom is -0.504 e. The Hall–Kier alpha value is -2.69. The molecule has 0 aliphatic carbocycles. The Morgan fingerprint density at radius 3 is 2.75 bits per heavy atom. The number of nitrogen functional groups attached to an aromatic ring is 1. The molecule has 0 fully saturated rings. The van der Waals surface area contributed by atoms with Gasteiger partial charge in [-0.15, -0.1) is 0 Å². The van der Waals surface area contributed by atoms with Crippen LogP contribution in [0.2, 0.25) is 0 Å². The van der Waals surface area contributed by atoms with Crippen molar-refractivity contribution in [2.45, 2.75) is 6.54 Å². The average Bonchev–Trinajstić information content (AvgIpc) is 2.44. The van der Waals surface area contributed by atoms with Crippen molar-refractivity contribution in [1.82, 2.24) is 5.32 Å². The quantitative estimate of drug-likeness (QED) is 0.742. The van der Waals surface area contributed by atoms with Gasteiger partial charge in [0.05, 0.1) is 7.11 Å². The van der Waals surface area contributed by atoms with Crippen LogP contribution in [0.3, 0.4) is 0 Å². The fourth-order valence-electron chi connectivity index (χ4n) is 1.82. The van der Waals surface area contributed by atoms with Gasteiger partial charge < -0.3 is 20.9 Å². The Kier molecular flexibility index (Phi) is 4.10. The summed E-state index contributed by atoms with van der Waals surface area (Å²) in [4.78, 5) is 12.0. The lowest BCUT2D eigenvalue weighted by atomic mass is 10.1. The molecule has 0 aromatic heterocycles. The fraction of sp³-hybridized carbons (Fsp3) is 0.133. The van der Waals surface area contributed by atoms with Gasteiger partial charge >= 0.3 is 0 Å². The number of hydrogen-bond acceptors (Lipinski definition) is 4. The van der Waals surface area contributed by atoms with Gasteiger partial charge in [-0.3, -0.25) is 4.79 Å². The Labute approximate surface area is 117 Å². The third kappa shape index (κ3) is 3.20. The van der Waals surface area contributed by atoms with E-state index in [1.807, 2.05) is 12.1 Å². The molecule has 5 heteroatoms. The highest BCUT2D eigenvalue weighted by atomic mass is 16.5. The van der Waals surface area contributed by atoms with Gasteiger partial charge in [0.1, 0.15) is 0 Å². The van der Waals surface area contributed by atoms with E-state index in [-0.39, 0.29) is 11.7 Å². The first-order chi connectivity index (χ1) is 9.60. The minimum absolute atomic E-state index is 0.0656. The first-order valence-corrected chi connectivity index (χ1v) is 6.10. The molecule has 2 rings (SSSR count). The molecule has 4 N–H and O–H groups in total. The summed E-state index contributed by atoms with van der Waals surface area (Å²) in [5, 5.41) is 12.4. The zero-order valence-corrected chi connectivity index (χ0v) is 11.1. The molecule has 0 saturated heterocycles. The number of phenolic OH excluding ortho intramolecular Hbond substituents is 1. The summed E-state index contributed by atoms with van der Waals surface area (Å²) >= 11 is 0. The van der Waals surface area contributed by atoms with Crippen LogP contribution in [0.15, 0.2) is 42.5 Å². The van der Waals surface area contributed by atoms with Crippen molar-refractivity contribution in [3.63, 3.8) is 0 Å². The monoisotopic (exact) mass is 272 g/mol. The molecule has 2 aromatic rings. The number of aromatic hydroxyl groups is 1. The second-order valence-electron chi connectivity index (χ2n) is 4.31. The highest BCUT2D eigenvalue weighted by molar-refractivity contribution is 5.94. The molecule has 0 heterocycles. The van der Waals surface area contributed by atoms with Crippen molar-refractivity contribution >= 4 is 11.6 Å². The molecule has 0 aliphatic rings. The fourth-order valence-corrected chi connectivity index (χ4v) is 1.82. The van der Waals surface area contributed by atoms with Crippen LogP contribution in [0.25, 0.3) is 0 Å². The van der Waals surface area contributed by atoms with Crippen LogP contribution in [0.5, 0.6) is 11.5 Å². The smallest absolute Gasteiger partial charge is 0.251 e. The average molecular weight is 272 g/mol. The normalized spacial score (nSPS) is 10.1. The lowest BCUT2D eigenvalue weighted by molar-refractivity contribution is 0.0950. The summed E-state index contributed by atoms with van der Waals surface area (Å²) in [5.41, 5.74) is 7.60. The van der Waals surface area contributed by atoms with Crippen LogP contribution in [0, 0.1) is 0 Å². The van der Waals surface area contributed by atoms with E-state index in [2.05, 4.69) is 5.32 Å². The number of amides is 1. The molecular formula is C15H16N2O3. The molecule has 20 heavy (non-hydrogen) atoms. The summed E-state index contributed by atoms with van der Waals surface area (Å²) in [6.45, 7) is 0.372. The standard InChI is InChI=1S/C15H16N2O3/c1-20-14-6-5-11(8-13(14)18)15(19)17-9-10-3-2-4-12(16)7-10/h2-8,18H,9,16H2,1H3,(H,17,19). The number of carbonyl (C=O) groups excluding carboxylic acids is 1. The van der Waals surface area contributed by atoms with Crippen LogP contribution in [0.4, 0.5) is 5.69 Å². The summed E-state index contributed by atoms with van der Waals surface area (Å²) < 4.78 is 4.93. The highest BCUT2D eigenvalue weighted by Gasteiger charge is 2.09. The number of phenols is 1. The molecular weight excluding hydrogens is 256 g/mol. The number of rotatable bonds is 4. The third-order valence-electron chi connectivity index (χ3n) is 2.85. The van der Waals surface area contributed by atoms with Gasteiger partial charge in [0.15, 0.2) is 11.5 Å².